The van der Waals surface area contributed by atoms with E-state index in [2.05, 4.69) is 64.2 Å². The van der Waals surface area contributed by atoms with Gasteiger partial charge >= 0.3 is 0 Å². The molecule has 0 saturated carbocycles. The molecule has 1 aromatic heterocycles. The van der Waals surface area contributed by atoms with Gasteiger partial charge in [0.1, 0.15) is 0 Å². The highest BCUT2D eigenvalue weighted by Crippen LogP contribution is 2.23. The fraction of sp³-hybridized carbons (Fsp3) is 0.550. The van der Waals surface area contributed by atoms with Gasteiger partial charge in [0.15, 0.2) is 11.8 Å². The first-order valence-electron chi connectivity index (χ1n) is 9.72. The molecule has 3 rings (SSSR count). The molecular formula is C20H30N6O. The topological polar surface area (TPSA) is 69.8 Å². The lowest BCUT2D eigenvalue weighted by Crippen LogP contribution is -2.52. The third-order valence-electron chi connectivity index (χ3n) is 4.99. The van der Waals surface area contributed by atoms with Crippen LogP contribution in [0.3, 0.4) is 0 Å². The Bertz CT molecular complexity index is 777. The third kappa shape index (κ3) is 4.78. The van der Waals surface area contributed by atoms with Gasteiger partial charge in [-0.25, -0.2) is 0 Å². The predicted octanol–water partition coefficient (Wildman–Crippen LogP) is 2.33. The summed E-state index contributed by atoms with van der Waals surface area (Å²) >= 11 is 0. The molecule has 1 aliphatic rings. The number of nitrogens with zero attached hydrogens (tertiary/aromatic N) is 5. The molecule has 7 nitrogen and oxygen atoms in total. The predicted molar refractivity (Wildman–Crippen MR) is 108 cm³/mol. The number of aromatic nitrogens is 2. The van der Waals surface area contributed by atoms with Crippen LogP contribution in [0, 0.1) is 20.8 Å². The molecule has 0 amide bonds. The van der Waals surface area contributed by atoms with Gasteiger partial charge in [-0.2, -0.15) is 4.98 Å². The average molecular weight is 371 g/mol. The maximum absolute atomic E-state index is 5.16. The van der Waals surface area contributed by atoms with Crippen molar-refractivity contribution >= 4 is 11.6 Å². The summed E-state index contributed by atoms with van der Waals surface area (Å²) in [7, 11) is 0. The van der Waals surface area contributed by atoms with Crippen LogP contribution in [0.15, 0.2) is 27.7 Å². The molecule has 1 aromatic carbocycles. The van der Waals surface area contributed by atoms with Crippen molar-refractivity contribution in [2.24, 2.45) is 4.99 Å². The first-order valence-corrected chi connectivity index (χ1v) is 9.72. The Morgan fingerprint density at radius 1 is 1.19 bits per heavy atom. The molecule has 1 N–H and O–H groups in total. The van der Waals surface area contributed by atoms with E-state index in [1.807, 2.05) is 6.92 Å². The molecule has 1 aliphatic heterocycles. The Kier molecular flexibility index (Phi) is 6.32. The van der Waals surface area contributed by atoms with E-state index in [-0.39, 0.29) is 0 Å². The second-order valence-corrected chi connectivity index (χ2v) is 6.91. The Balaban J connectivity index is 1.59. The summed E-state index contributed by atoms with van der Waals surface area (Å²) in [4.78, 5) is 13.8. The van der Waals surface area contributed by atoms with Gasteiger partial charge in [-0.3, -0.25) is 4.99 Å². The lowest BCUT2D eigenvalue weighted by atomic mass is 10.1. The van der Waals surface area contributed by atoms with Crippen LogP contribution in [0.2, 0.25) is 0 Å². The van der Waals surface area contributed by atoms with E-state index >= 15 is 0 Å². The van der Waals surface area contributed by atoms with Crippen LogP contribution in [-0.2, 0) is 6.42 Å². The van der Waals surface area contributed by atoms with Crippen molar-refractivity contribution in [3.05, 3.63) is 41.0 Å². The molecule has 2 aromatic rings. The minimum atomic E-state index is 0.640. The number of nitrogens with one attached hydrogen (secondary N) is 1. The lowest BCUT2D eigenvalue weighted by Gasteiger charge is -2.38. The minimum absolute atomic E-state index is 0.640. The van der Waals surface area contributed by atoms with Crippen LogP contribution >= 0.6 is 0 Å². The summed E-state index contributed by atoms with van der Waals surface area (Å²) in [6.07, 6.45) is 0.665. The number of aliphatic imine (C=N–C) groups is 1. The van der Waals surface area contributed by atoms with E-state index in [9.17, 15) is 0 Å². The summed E-state index contributed by atoms with van der Waals surface area (Å²) in [6, 6.07) is 6.55. The van der Waals surface area contributed by atoms with E-state index in [4.69, 9.17) is 9.52 Å². The first-order chi connectivity index (χ1) is 13.1. The Morgan fingerprint density at radius 3 is 2.63 bits per heavy atom. The molecule has 0 atom stereocenters. The van der Waals surface area contributed by atoms with Crippen molar-refractivity contribution in [3.8, 4) is 0 Å². The van der Waals surface area contributed by atoms with Crippen molar-refractivity contribution in [3.63, 3.8) is 0 Å². The maximum Gasteiger partial charge on any atom is 0.228 e. The minimum Gasteiger partial charge on any atom is -0.368 e. The molecule has 146 valence electrons. The monoisotopic (exact) mass is 370 g/mol. The molecule has 27 heavy (non-hydrogen) atoms. The highest BCUT2D eigenvalue weighted by molar-refractivity contribution is 5.80. The van der Waals surface area contributed by atoms with Crippen LogP contribution in [-0.4, -0.2) is 60.3 Å². The maximum atomic E-state index is 5.16. The first kappa shape index (κ1) is 19.2. The van der Waals surface area contributed by atoms with E-state index in [0.29, 0.717) is 24.7 Å². The van der Waals surface area contributed by atoms with Gasteiger partial charge in [-0.15, -0.1) is 0 Å². The van der Waals surface area contributed by atoms with E-state index in [1.165, 1.54) is 16.8 Å². The quantitative estimate of drug-likeness (QED) is 0.643. The number of rotatable bonds is 5. The fourth-order valence-electron chi connectivity index (χ4n) is 3.36. The van der Waals surface area contributed by atoms with E-state index in [0.717, 1.165) is 38.7 Å². The van der Waals surface area contributed by atoms with Gasteiger partial charge < -0.3 is 19.6 Å². The van der Waals surface area contributed by atoms with Crippen LogP contribution in [0.25, 0.3) is 0 Å². The standard InChI is InChI=1S/C20H30N6O/c1-5-21-20(22-10-9-19-23-17(4)24-27-19)26-13-11-25(12-14-26)18-8-6-7-15(2)16(18)3/h6-8H,5,9-14H2,1-4H3,(H,21,22). The van der Waals surface area contributed by atoms with Crippen molar-refractivity contribution in [1.82, 2.24) is 20.4 Å². The second kappa shape index (κ2) is 8.88. The Morgan fingerprint density at radius 2 is 1.96 bits per heavy atom. The molecule has 1 fully saturated rings. The Labute approximate surface area is 161 Å². The number of piperazine rings is 1. The SMILES string of the molecule is CCNC(=NCCc1nc(C)no1)N1CCN(c2cccc(C)c2C)CC1. The van der Waals surface area contributed by atoms with Gasteiger partial charge in [0, 0.05) is 44.8 Å². The molecule has 7 heteroatoms. The number of anilines is 1. The number of guanidine groups is 1. The van der Waals surface area contributed by atoms with Crippen molar-refractivity contribution in [2.45, 2.75) is 34.1 Å². The summed E-state index contributed by atoms with van der Waals surface area (Å²) in [5.74, 6) is 2.28. The normalized spacial score (nSPS) is 15.3. The molecular weight excluding hydrogens is 340 g/mol. The highest BCUT2D eigenvalue weighted by Gasteiger charge is 2.21. The second-order valence-electron chi connectivity index (χ2n) is 6.91. The molecule has 2 heterocycles. The fourth-order valence-corrected chi connectivity index (χ4v) is 3.36. The zero-order valence-corrected chi connectivity index (χ0v) is 16.8. The van der Waals surface area contributed by atoms with Crippen LogP contribution in [0.1, 0.15) is 29.8 Å². The zero-order chi connectivity index (χ0) is 19.2. The summed E-state index contributed by atoms with van der Waals surface area (Å²) in [5.41, 5.74) is 4.07. The van der Waals surface area contributed by atoms with E-state index in [1.54, 1.807) is 0 Å². The van der Waals surface area contributed by atoms with Crippen LogP contribution in [0.5, 0.6) is 0 Å². The van der Waals surface area contributed by atoms with Crippen LogP contribution < -0.4 is 10.2 Å². The lowest BCUT2D eigenvalue weighted by molar-refractivity contribution is 0.368. The number of benzene rings is 1. The number of aryl methyl sites for hydroxylation is 2. The Hall–Kier alpha value is -2.57. The number of hydrogen-bond acceptors (Lipinski definition) is 5. The molecule has 0 radical (unpaired) electrons. The van der Waals surface area contributed by atoms with Gasteiger partial charge in [0.2, 0.25) is 5.89 Å². The van der Waals surface area contributed by atoms with Gasteiger partial charge in [0.05, 0.1) is 6.54 Å². The summed E-state index contributed by atoms with van der Waals surface area (Å²) < 4.78 is 5.16. The van der Waals surface area contributed by atoms with E-state index < -0.39 is 0 Å². The van der Waals surface area contributed by atoms with Gasteiger partial charge in [0.25, 0.3) is 0 Å². The van der Waals surface area contributed by atoms with Gasteiger partial charge in [-0.05, 0) is 44.9 Å². The zero-order valence-electron chi connectivity index (χ0n) is 16.8. The third-order valence-corrected chi connectivity index (χ3v) is 4.99. The average Bonchev–Trinajstić information content (AvgIpc) is 3.09. The van der Waals surface area contributed by atoms with Crippen LogP contribution in [0.4, 0.5) is 5.69 Å². The smallest absolute Gasteiger partial charge is 0.228 e. The van der Waals surface area contributed by atoms with Crippen molar-refractivity contribution in [2.75, 3.05) is 44.2 Å². The largest absolute Gasteiger partial charge is 0.368 e. The summed E-state index contributed by atoms with van der Waals surface area (Å²) in [6.45, 7) is 13.7. The molecule has 0 bridgehead atoms. The molecule has 0 spiro atoms. The highest BCUT2D eigenvalue weighted by atomic mass is 16.5. The van der Waals surface area contributed by atoms with Crippen molar-refractivity contribution < 1.29 is 4.52 Å². The molecule has 0 unspecified atom stereocenters. The van der Waals surface area contributed by atoms with Crippen molar-refractivity contribution in [1.29, 1.82) is 0 Å². The summed E-state index contributed by atoms with van der Waals surface area (Å²) in [5, 5.41) is 7.23. The number of hydrogen-bond donors (Lipinski definition) is 1. The molecule has 1 saturated heterocycles. The molecule has 0 aliphatic carbocycles. The van der Waals surface area contributed by atoms with Gasteiger partial charge in [-0.1, -0.05) is 17.3 Å².